The van der Waals surface area contributed by atoms with E-state index < -0.39 is 11.4 Å². The summed E-state index contributed by atoms with van der Waals surface area (Å²) in [5, 5.41) is 12.3. The van der Waals surface area contributed by atoms with E-state index in [9.17, 15) is 14.7 Å². The number of carboxylic acid groups (broad SMARTS) is 1. The van der Waals surface area contributed by atoms with Crippen LogP contribution in [-0.4, -0.2) is 27.0 Å². The molecule has 1 heterocycles. The van der Waals surface area contributed by atoms with Crippen molar-refractivity contribution in [3.8, 4) is 0 Å². The molecule has 2 N–H and O–H groups in total. The fraction of sp³-hybridized carbons (Fsp3) is 0.571. The Labute approximate surface area is 127 Å². The number of carbonyl (C=O) groups excluding carboxylic acids is 1. The molecule has 1 aromatic rings. The average Bonchev–Trinajstić information content (AvgIpc) is 2.75. The molecule has 2 rings (SSSR count). The van der Waals surface area contributed by atoms with Crippen LogP contribution in [-0.2, 0) is 16.1 Å². The predicted molar refractivity (Wildman–Crippen MR) is 76.5 cm³/mol. The third-order valence-electron chi connectivity index (χ3n) is 4.56. The van der Waals surface area contributed by atoms with Gasteiger partial charge in [-0.3, -0.25) is 14.6 Å². The molecule has 1 saturated carbocycles. The van der Waals surface area contributed by atoms with Crippen molar-refractivity contribution in [1.29, 1.82) is 0 Å². The van der Waals surface area contributed by atoms with Crippen molar-refractivity contribution in [1.82, 2.24) is 15.3 Å². The third kappa shape index (κ3) is 3.00. The fourth-order valence-electron chi connectivity index (χ4n) is 2.81. The zero-order chi connectivity index (χ0) is 15.6. The summed E-state index contributed by atoms with van der Waals surface area (Å²) >= 11 is 5.88. The molecule has 1 aliphatic rings. The van der Waals surface area contributed by atoms with Crippen LogP contribution in [0, 0.1) is 17.3 Å². The second-order valence-corrected chi connectivity index (χ2v) is 6.03. The number of nitrogens with zero attached hydrogens (tertiary/aromatic N) is 2. The molecule has 0 aliphatic heterocycles. The Bertz CT molecular complexity index is 566. The van der Waals surface area contributed by atoms with Crippen molar-refractivity contribution in [2.75, 3.05) is 0 Å². The molecular weight excluding hydrogens is 294 g/mol. The average molecular weight is 312 g/mol. The number of nitrogens with one attached hydrogen (secondary N) is 1. The van der Waals surface area contributed by atoms with E-state index >= 15 is 0 Å². The number of amides is 1. The minimum atomic E-state index is -0.845. The minimum Gasteiger partial charge on any atom is -0.481 e. The van der Waals surface area contributed by atoms with Crippen LogP contribution in [0.3, 0.4) is 0 Å². The molecular formula is C14H18ClN3O3. The van der Waals surface area contributed by atoms with Gasteiger partial charge in [-0.2, -0.15) is 0 Å². The van der Waals surface area contributed by atoms with Gasteiger partial charge in [0.05, 0.1) is 17.7 Å². The summed E-state index contributed by atoms with van der Waals surface area (Å²) in [6, 6.07) is 0. The summed E-state index contributed by atoms with van der Waals surface area (Å²) in [6.45, 7) is 3.71. The van der Waals surface area contributed by atoms with Gasteiger partial charge >= 0.3 is 5.97 Å². The molecule has 1 amide bonds. The van der Waals surface area contributed by atoms with Crippen LogP contribution in [0.2, 0.25) is 5.15 Å². The van der Waals surface area contributed by atoms with Crippen LogP contribution in [0.5, 0.6) is 0 Å². The number of hydrogen-bond donors (Lipinski definition) is 2. The lowest BCUT2D eigenvalue weighted by Crippen LogP contribution is -2.37. The number of halogens is 1. The van der Waals surface area contributed by atoms with Crippen LogP contribution in [0.1, 0.15) is 32.4 Å². The highest BCUT2D eigenvalue weighted by molar-refractivity contribution is 6.29. The molecule has 0 bridgehead atoms. The Balaban J connectivity index is 1.99. The maximum absolute atomic E-state index is 12.3. The van der Waals surface area contributed by atoms with Crippen LogP contribution in [0.25, 0.3) is 0 Å². The first-order valence-corrected chi connectivity index (χ1v) is 7.20. The van der Waals surface area contributed by atoms with E-state index in [1.54, 1.807) is 6.92 Å². The summed E-state index contributed by atoms with van der Waals surface area (Å²) in [5.74, 6) is -1.52. The van der Waals surface area contributed by atoms with Gasteiger partial charge in [0, 0.05) is 18.3 Å². The van der Waals surface area contributed by atoms with E-state index in [-0.39, 0.29) is 29.4 Å². The number of carbonyl (C=O) groups is 2. The monoisotopic (exact) mass is 311 g/mol. The first-order valence-electron chi connectivity index (χ1n) is 6.82. The fourth-order valence-corrected chi connectivity index (χ4v) is 2.98. The molecule has 7 heteroatoms. The highest BCUT2D eigenvalue weighted by Gasteiger charge is 2.50. The number of hydrogen-bond acceptors (Lipinski definition) is 4. The van der Waals surface area contributed by atoms with Crippen molar-refractivity contribution in [2.24, 2.45) is 17.3 Å². The molecule has 0 aromatic carbocycles. The van der Waals surface area contributed by atoms with Gasteiger partial charge in [-0.1, -0.05) is 18.5 Å². The SMILES string of the molecule is CC1[C@H](C(=O)NCc2nccnc2Cl)CC[C@]1(C)C(=O)O. The van der Waals surface area contributed by atoms with Crippen molar-refractivity contribution in [3.63, 3.8) is 0 Å². The molecule has 0 spiro atoms. The van der Waals surface area contributed by atoms with Crippen LogP contribution < -0.4 is 5.32 Å². The van der Waals surface area contributed by atoms with Crippen molar-refractivity contribution in [3.05, 3.63) is 23.2 Å². The van der Waals surface area contributed by atoms with Gasteiger partial charge in [-0.05, 0) is 25.7 Å². The highest BCUT2D eigenvalue weighted by atomic mass is 35.5. The zero-order valence-electron chi connectivity index (χ0n) is 12.0. The summed E-state index contributed by atoms with van der Waals surface area (Å²) in [4.78, 5) is 31.6. The highest BCUT2D eigenvalue weighted by Crippen LogP contribution is 2.46. The number of aliphatic carboxylic acids is 1. The molecule has 1 aliphatic carbocycles. The normalized spacial score (nSPS) is 28.3. The molecule has 114 valence electrons. The lowest BCUT2D eigenvalue weighted by atomic mass is 9.78. The van der Waals surface area contributed by atoms with Crippen molar-refractivity contribution in [2.45, 2.75) is 33.2 Å². The predicted octanol–water partition coefficient (Wildman–Crippen LogP) is 1.88. The summed E-state index contributed by atoms with van der Waals surface area (Å²) in [7, 11) is 0. The molecule has 0 radical (unpaired) electrons. The van der Waals surface area contributed by atoms with Gasteiger partial charge in [-0.25, -0.2) is 4.98 Å². The number of carboxylic acids is 1. The Morgan fingerprint density at radius 2 is 2.14 bits per heavy atom. The first kappa shape index (κ1) is 15.7. The van der Waals surface area contributed by atoms with Gasteiger partial charge < -0.3 is 10.4 Å². The second kappa shape index (κ2) is 5.97. The van der Waals surface area contributed by atoms with Gasteiger partial charge in [-0.15, -0.1) is 0 Å². The summed E-state index contributed by atoms with van der Waals surface area (Å²) < 4.78 is 0. The molecule has 21 heavy (non-hydrogen) atoms. The lowest BCUT2D eigenvalue weighted by molar-refractivity contribution is -0.150. The Morgan fingerprint density at radius 3 is 2.71 bits per heavy atom. The Hall–Kier alpha value is -1.69. The maximum atomic E-state index is 12.3. The first-order chi connectivity index (χ1) is 9.86. The minimum absolute atomic E-state index is 0.158. The van der Waals surface area contributed by atoms with Crippen molar-refractivity contribution >= 4 is 23.5 Å². The topological polar surface area (TPSA) is 92.2 Å². The quantitative estimate of drug-likeness (QED) is 0.885. The van der Waals surface area contributed by atoms with Crippen LogP contribution >= 0.6 is 11.6 Å². The van der Waals surface area contributed by atoms with E-state index in [2.05, 4.69) is 15.3 Å². The van der Waals surface area contributed by atoms with E-state index in [0.29, 0.717) is 18.5 Å². The molecule has 6 nitrogen and oxygen atoms in total. The Kier molecular flexibility index (Phi) is 4.46. The lowest BCUT2D eigenvalue weighted by Gasteiger charge is -2.26. The van der Waals surface area contributed by atoms with Crippen LogP contribution in [0.15, 0.2) is 12.4 Å². The van der Waals surface area contributed by atoms with Gasteiger partial charge in [0.1, 0.15) is 0 Å². The van der Waals surface area contributed by atoms with Gasteiger partial charge in [0.25, 0.3) is 0 Å². The summed E-state index contributed by atoms with van der Waals surface area (Å²) in [5.41, 5.74) is -0.342. The van der Waals surface area contributed by atoms with Crippen molar-refractivity contribution < 1.29 is 14.7 Å². The van der Waals surface area contributed by atoms with Crippen LogP contribution in [0.4, 0.5) is 0 Å². The second-order valence-electron chi connectivity index (χ2n) is 5.67. The van der Waals surface area contributed by atoms with Gasteiger partial charge in [0.2, 0.25) is 5.91 Å². The van der Waals surface area contributed by atoms with E-state index in [1.807, 2.05) is 6.92 Å². The van der Waals surface area contributed by atoms with Gasteiger partial charge in [0.15, 0.2) is 5.15 Å². The number of aromatic nitrogens is 2. The van der Waals surface area contributed by atoms with E-state index in [0.717, 1.165) is 0 Å². The Morgan fingerprint density at radius 1 is 1.48 bits per heavy atom. The number of rotatable bonds is 4. The molecule has 1 unspecified atom stereocenters. The zero-order valence-corrected chi connectivity index (χ0v) is 12.7. The maximum Gasteiger partial charge on any atom is 0.309 e. The largest absolute Gasteiger partial charge is 0.481 e. The van der Waals surface area contributed by atoms with E-state index in [4.69, 9.17) is 11.6 Å². The molecule has 1 fully saturated rings. The molecule has 0 saturated heterocycles. The standard InChI is InChI=1S/C14H18ClN3O3/c1-8-9(3-4-14(8,2)13(20)21)12(19)18-7-10-11(15)17-6-5-16-10/h5-6,8-9H,3-4,7H2,1-2H3,(H,18,19)(H,20,21)/t8?,9-,14+/m1/s1. The third-order valence-corrected chi connectivity index (χ3v) is 4.88. The smallest absolute Gasteiger partial charge is 0.309 e. The van der Waals surface area contributed by atoms with E-state index in [1.165, 1.54) is 12.4 Å². The summed E-state index contributed by atoms with van der Waals surface area (Å²) in [6.07, 6.45) is 4.07. The molecule has 1 aromatic heterocycles. The molecule has 3 atom stereocenters.